The number of aromatic nitrogens is 4. The highest BCUT2D eigenvalue weighted by Crippen LogP contribution is 2.19. The van der Waals surface area contributed by atoms with Crippen LogP contribution >= 0.6 is 0 Å². The molecule has 7 amide bonds. The standard InChI is InChI=1S/C42H52N16O18/c43-42-56-34-33(41(76)57-42)50-21(18-48-34)17-47-20-7-5-19(6-8-20)35(70)45-10-3-4-27(59)51-23(13-29(62)63)37(72)53-25(15-31(66)67)39(74)55-26(16-32(68)69)40(75)54-24(14-30(64)65)38(73)52-22(12-28(60)61)36(71)46-9-1-2-11-49-58-44/h5-8,18,22-26,47H,1-4,9-17H2,(H,45,70)(H,46,71)(H,51,59)(H,52,73)(H,53,72)(H,54,75)(H,55,74)(H,60,61)(H,62,63)(H,64,65)(H,66,67)(H,68,69)(H3,43,48,56,57,76)/t22-,23-,24-,25-,26-/m1/s1. The molecule has 0 aliphatic carbocycles. The first kappa shape index (κ1) is 60.3. The number of carbonyl (C=O) groups excluding carboxylic acids is 7. The fraction of sp³-hybridized carbons (Fsp3) is 0.429. The summed E-state index contributed by atoms with van der Waals surface area (Å²) in [7, 11) is 0. The first-order chi connectivity index (χ1) is 35.9. The number of unbranched alkanes of at least 4 members (excludes halogenated alkanes) is 1. The summed E-state index contributed by atoms with van der Waals surface area (Å²) in [5.41, 5.74) is 15.2. The molecule has 0 saturated heterocycles. The van der Waals surface area contributed by atoms with Crippen molar-refractivity contribution >= 4 is 94.0 Å². The lowest BCUT2D eigenvalue weighted by atomic mass is 10.1. The second-order valence-electron chi connectivity index (χ2n) is 16.0. The van der Waals surface area contributed by atoms with Crippen molar-refractivity contribution in [2.45, 2.75) is 94.5 Å². The summed E-state index contributed by atoms with van der Waals surface area (Å²) >= 11 is 0. The van der Waals surface area contributed by atoms with Crippen LogP contribution in [0.2, 0.25) is 0 Å². The minimum Gasteiger partial charge on any atom is -0.492 e. The maximum absolute atomic E-state index is 13.4. The highest BCUT2D eigenvalue weighted by atomic mass is 16.4. The van der Waals surface area contributed by atoms with E-state index in [2.05, 4.69) is 51.2 Å². The van der Waals surface area contributed by atoms with Crippen molar-refractivity contribution in [2.75, 3.05) is 30.7 Å². The molecule has 0 spiro atoms. The van der Waals surface area contributed by atoms with Gasteiger partial charge in [0.1, 0.15) is 30.2 Å². The maximum Gasteiger partial charge on any atom is 0.305 e. The number of nitrogens with zero attached hydrogens (tertiary/aromatic N) is 7. The Bertz CT molecular complexity index is 2720. The van der Waals surface area contributed by atoms with Crippen LogP contribution in [0.4, 0.5) is 11.6 Å². The predicted octanol–water partition coefficient (Wildman–Crippen LogP) is -3.17. The number of amides is 7. The molecule has 0 aliphatic heterocycles. The SMILES string of the molecule is [N-]=[N+]=NCCCCNC(=O)[C@@H](CC(=O)O)NC(=O)[C@@H](CC(=O)O)NC(=O)[C@@H](CC(=O)O)NC(=O)[C@@H](CC(=O)O)NC(=O)[C@@H](CC(=O)O)NC(=O)CCCNC(=O)c1ccc(NCc2cnc3nc(N)nc(O)c3n2)cc1. The normalized spacial score (nSPS) is 12.6. The number of aliphatic carboxylic acids is 5. The third-order valence-corrected chi connectivity index (χ3v) is 10.1. The smallest absolute Gasteiger partial charge is 0.305 e. The highest BCUT2D eigenvalue weighted by molar-refractivity contribution is 6.00. The van der Waals surface area contributed by atoms with E-state index < -0.39 is 146 Å². The second kappa shape index (κ2) is 30.1. The Morgan fingerprint density at radius 1 is 0.592 bits per heavy atom. The molecule has 2 heterocycles. The van der Waals surface area contributed by atoms with Crippen molar-refractivity contribution in [3.63, 3.8) is 0 Å². The number of azide groups is 1. The van der Waals surface area contributed by atoms with Crippen LogP contribution in [0.5, 0.6) is 5.88 Å². The molecule has 76 heavy (non-hydrogen) atoms. The molecule has 0 radical (unpaired) electrons. The van der Waals surface area contributed by atoms with Gasteiger partial charge in [-0.05, 0) is 49.1 Å². The number of nitrogens with one attached hydrogen (secondary N) is 8. The van der Waals surface area contributed by atoms with Crippen LogP contribution in [-0.4, -0.2) is 172 Å². The van der Waals surface area contributed by atoms with Gasteiger partial charge in [0, 0.05) is 42.2 Å². The molecule has 1 aromatic carbocycles. The van der Waals surface area contributed by atoms with E-state index in [4.69, 9.17) is 11.3 Å². The number of hydrogen-bond donors (Lipinski definition) is 15. The molecule has 5 atom stereocenters. The van der Waals surface area contributed by atoms with Crippen molar-refractivity contribution < 1.29 is 88.2 Å². The quantitative estimate of drug-likeness (QED) is 0.0124. The zero-order valence-electron chi connectivity index (χ0n) is 39.8. The number of anilines is 2. The summed E-state index contributed by atoms with van der Waals surface area (Å²) in [5, 5.41) is 78.4. The van der Waals surface area contributed by atoms with Crippen molar-refractivity contribution in [1.29, 1.82) is 0 Å². The number of nitrogens with two attached hydrogens (primary N) is 1. The van der Waals surface area contributed by atoms with Crippen LogP contribution in [0, 0.1) is 0 Å². The Balaban J connectivity index is 1.61. The number of carbonyl (C=O) groups is 12. The van der Waals surface area contributed by atoms with Crippen molar-refractivity contribution in [1.82, 2.24) is 57.2 Å². The lowest BCUT2D eigenvalue weighted by molar-refractivity contribution is -0.145. The summed E-state index contributed by atoms with van der Waals surface area (Å²) in [6.07, 6.45) is -4.47. The van der Waals surface area contributed by atoms with Crippen LogP contribution in [0.3, 0.4) is 0 Å². The van der Waals surface area contributed by atoms with Gasteiger partial charge in [-0.3, -0.25) is 57.5 Å². The fourth-order valence-electron chi connectivity index (χ4n) is 6.48. The van der Waals surface area contributed by atoms with Gasteiger partial charge in [-0.2, -0.15) is 9.97 Å². The highest BCUT2D eigenvalue weighted by Gasteiger charge is 2.36. The number of rotatable bonds is 33. The molecule has 3 rings (SSSR count). The number of fused-ring (bicyclic) bond motifs is 1. The van der Waals surface area contributed by atoms with E-state index in [0.29, 0.717) is 17.8 Å². The lowest BCUT2D eigenvalue weighted by Crippen LogP contribution is -2.60. The van der Waals surface area contributed by atoms with Crippen molar-refractivity contribution in [2.24, 2.45) is 5.11 Å². The number of benzene rings is 1. The summed E-state index contributed by atoms with van der Waals surface area (Å²) in [4.78, 5) is 169. The van der Waals surface area contributed by atoms with Gasteiger partial charge in [0.15, 0.2) is 11.2 Å². The van der Waals surface area contributed by atoms with E-state index in [9.17, 15) is 88.2 Å². The predicted molar refractivity (Wildman–Crippen MR) is 254 cm³/mol. The molecule has 0 bridgehead atoms. The minimum atomic E-state index is -2.25. The third kappa shape index (κ3) is 21.4. The Labute approximate surface area is 427 Å². The van der Waals surface area contributed by atoms with Gasteiger partial charge in [-0.15, -0.1) is 0 Å². The summed E-state index contributed by atoms with van der Waals surface area (Å²) in [6, 6.07) is -4.30. The Morgan fingerprint density at radius 3 is 1.53 bits per heavy atom. The van der Waals surface area contributed by atoms with E-state index in [0.717, 1.165) is 0 Å². The van der Waals surface area contributed by atoms with Gasteiger partial charge >= 0.3 is 29.8 Å². The molecule has 0 saturated carbocycles. The largest absolute Gasteiger partial charge is 0.492 e. The molecule has 34 heteroatoms. The molecule has 3 aromatic rings. The van der Waals surface area contributed by atoms with Crippen LogP contribution in [0.25, 0.3) is 21.6 Å². The lowest BCUT2D eigenvalue weighted by Gasteiger charge is -2.25. The van der Waals surface area contributed by atoms with E-state index >= 15 is 0 Å². The van der Waals surface area contributed by atoms with E-state index in [1.165, 1.54) is 18.3 Å². The monoisotopic (exact) mass is 1070 g/mol. The summed E-state index contributed by atoms with van der Waals surface area (Å²) in [5.74, 6) is -17.7. The molecule has 34 nitrogen and oxygen atoms in total. The summed E-state index contributed by atoms with van der Waals surface area (Å²) in [6.45, 7) is 0.0667. The zero-order chi connectivity index (χ0) is 56.5. The van der Waals surface area contributed by atoms with Crippen molar-refractivity contribution in [3.8, 4) is 5.88 Å². The van der Waals surface area contributed by atoms with E-state index in [-0.39, 0.29) is 61.7 Å². The molecule has 408 valence electrons. The molecular weight excluding hydrogens is 1020 g/mol. The first-order valence-electron chi connectivity index (χ1n) is 22.4. The first-order valence-corrected chi connectivity index (χ1v) is 22.4. The second-order valence-corrected chi connectivity index (χ2v) is 16.0. The van der Waals surface area contributed by atoms with Gasteiger partial charge in [-0.25, -0.2) is 9.97 Å². The summed E-state index contributed by atoms with van der Waals surface area (Å²) < 4.78 is 0. The Morgan fingerprint density at radius 2 is 1.05 bits per heavy atom. The Hall–Kier alpha value is -10.0. The number of nitrogen functional groups attached to an aromatic ring is 1. The average Bonchev–Trinajstić information content (AvgIpc) is 3.33. The number of hydrogen-bond acceptors (Lipinski definition) is 20. The van der Waals surface area contributed by atoms with Gasteiger partial charge in [0.05, 0.1) is 50.5 Å². The molecule has 0 unspecified atom stereocenters. The molecule has 0 aliphatic rings. The van der Waals surface area contributed by atoms with Crippen LogP contribution in [0.15, 0.2) is 35.6 Å². The molecule has 16 N–H and O–H groups in total. The molecule has 2 aromatic heterocycles. The molecular formula is C42H52N16O18. The van der Waals surface area contributed by atoms with E-state index in [1.54, 1.807) is 12.1 Å². The number of carboxylic acid groups (broad SMARTS) is 5. The van der Waals surface area contributed by atoms with Gasteiger partial charge in [-0.1, -0.05) is 5.11 Å². The minimum absolute atomic E-state index is 0.0433. The average molecular weight is 1070 g/mol. The fourth-order valence-corrected chi connectivity index (χ4v) is 6.48. The van der Waals surface area contributed by atoms with Crippen molar-refractivity contribution in [3.05, 3.63) is 52.2 Å². The third-order valence-electron chi connectivity index (χ3n) is 10.1. The topological polar surface area (TPSA) is 549 Å². The van der Waals surface area contributed by atoms with Gasteiger partial charge in [0.25, 0.3) is 5.91 Å². The Kier molecular flexibility index (Phi) is 23.9. The van der Waals surface area contributed by atoms with Crippen LogP contribution in [0.1, 0.15) is 73.8 Å². The van der Waals surface area contributed by atoms with Crippen LogP contribution in [-0.2, 0) is 59.3 Å². The van der Waals surface area contributed by atoms with Gasteiger partial charge < -0.3 is 78.9 Å². The maximum atomic E-state index is 13.4. The number of carboxylic acids is 5. The molecule has 0 fully saturated rings. The van der Waals surface area contributed by atoms with Gasteiger partial charge in [0.2, 0.25) is 47.3 Å². The van der Waals surface area contributed by atoms with E-state index in [1.807, 2.05) is 21.3 Å². The zero-order valence-corrected chi connectivity index (χ0v) is 39.8. The van der Waals surface area contributed by atoms with Crippen LogP contribution < -0.4 is 48.3 Å². The number of aromatic hydroxyl groups is 1.